The van der Waals surface area contributed by atoms with E-state index in [2.05, 4.69) is 14.9 Å². The van der Waals surface area contributed by atoms with Crippen LogP contribution in [0.2, 0.25) is 0 Å². The zero-order valence-electron chi connectivity index (χ0n) is 17.0. The molecular formula is C19H32Cl2N4O3S. The summed E-state index contributed by atoms with van der Waals surface area (Å²) < 4.78 is 27.3. The number of sulfonamides is 1. The molecule has 7 nitrogen and oxygen atoms in total. The number of aryl methyl sites for hydroxylation is 1. The summed E-state index contributed by atoms with van der Waals surface area (Å²) in [5, 5.41) is 3.22. The van der Waals surface area contributed by atoms with Gasteiger partial charge in [-0.25, -0.2) is 13.1 Å². The molecule has 2 saturated heterocycles. The zero-order chi connectivity index (χ0) is 19.4. The number of amides is 1. The number of carbonyl (C=O) groups excluding carboxylic acids is 1. The summed E-state index contributed by atoms with van der Waals surface area (Å²) in [5.41, 5.74) is 1.03. The molecule has 1 amide bonds. The van der Waals surface area contributed by atoms with Crippen LogP contribution in [0.3, 0.4) is 0 Å². The lowest BCUT2D eigenvalue weighted by atomic mass is 9.88. The number of benzene rings is 1. The van der Waals surface area contributed by atoms with Gasteiger partial charge in [-0.3, -0.25) is 9.69 Å². The van der Waals surface area contributed by atoms with Crippen LogP contribution in [-0.2, 0) is 14.8 Å². The molecule has 0 spiro atoms. The third-order valence-electron chi connectivity index (χ3n) is 5.65. The van der Waals surface area contributed by atoms with Gasteiger partial charge < -0.3 is 10.2 Å². The largest absolute Gasteiger partial charge is 0.340 e. The molecular weight excluding hydrogens is 435 g/mol. The fourth-order valence-corrected chi connectivity index (χ4v) is 4.51. The number of rotatable bonds is 7. The number of piperazine rings is 1. The van der Waals surface area contributed by atoms with Gasteiger partial charge in [0.25, 0.3) is 0 Å². The van der Waals surface area contributed by atoms with Gasteiger partial charge in [0.1, 0.15) is 0 Å². The van der Waals surface area contributed by atoms with E-state index in [9.17, 15) is 13.2 Å². The lowest BCUT2D eigenvalue weighted by Crippen LogP contribution is -2.55. The second-order valence-corrected chi connectivity index (χ2v) is 9.35. The summed E-state index contributed by atoms with van der Waals surface area (Å²) in [6.07, 6.45) is 0. The van der Waals surface area contributed by atoms with Gasteiger partial charge in [-0.15, -0.1) is 24.8 Å². The molecule has 2 N–H and O–H groups in total. The Kier molecular flexibility index (Phi) is 10.3. The van der Waals surface area contributed by atoms with Crippen molar-refractivity contribution in [1.82, 2.24) is 19.8 Å². The van der Waals surface area contributed by atoms with E-state index in [-0.39, 0.29) is 36.6 Å². The molecule has 0 bridgehead atoms. The fourth-order valence-electron chi connectivity index (χ4n) is 3.48. The van der Waals surface area contributed by atoms with Gasteiger partial charge in [-0.05, 0) is 38.1 Å². The first-order valence-corrected chi connectivity index (χ1v) is 11.1. The Morgan fingerprint density at radius 3 is 2.24 bits per heavy atom. The normalized spacial score (nSPS) is 18.9. The summed E-state index contributed by atoms with van der Waals surface area (Å²) in [5.74, 6) is 0.798. The molecule has 1 aromatic carbocycles. The topological polar surface area (TPSA) is 81.8 Å². The quantitative estimate of drug-likeness (QED) is 0.628. The van der Waals surface area contributed by atoms with Crippen molar-refractivity contribution in [3.05, 3.63) is 29.8 Å². The average molecular weight is 467 g/mol. The maximum Gasteiger partial charge on any atom is 0.240 e. The smallest absolute Gasteiger partial charge is 0.240 e. The zero-order valence-corrected chi connectivity index (χ0v) is 19.4. The van der Waals surface area contributed by atoms with Gasteiger partial charge in [-0.1, -0.05) is 24.6 Å². The molecule has 1 aromatic rings. The van der Waals surface area contributed by atoms with Gasteiger partial charge in [0, 0.05) is 45.2 Å². The fraction of sp³-hybridized carbons (Fsp3) is 0.632. The molecule has 0 radical (unpaired) electrons. The Hall–Kier alpha value is -0.900. The Bertz CT molecular complexity index is 749. The first-order valence-electron chi connectivity index (χ1n) is 9.65. The molecule has 10 heteroatoms. The van der Waals surface area contributed by atoms with Crippen molar-refractivity contribution in [1.29, 1.82) is 0 Å². The molecule has 1 unspecified atom stereocenters. The number of nitrogens with one attached hydrogen (secondary N) is 2. The Morgan fingerprint density at radius 2 is 1.72 bits per heavy atom. The highest BCUT2D eigenvalue weighted by Gasteiger charge is 2.32. The van der Waals surface area contributed by atoms with Gasteiger partial charge >= 0.3 is 0 Å². The molecule has 29 heavy (non-hydrogen) atoms. The molecule has 0 aliphatic carbocycles. The van der Waals surface area contributed by atoms with Crippen molar-refractivity contribution in [3.8, 4) is 0 Å². The first-order chi connectivity index (χ1) is 12.9. The van der Waals surface area contributed by atoms with Gasteiger partial charge in [0.05, 0.1) is 4.90 Å². The van der Waals surface area contributed by atoms with E-state index in [4.69, 9.17) is 0 Å². The lowest BCUT2D eigenvalue weighted by molar-refractivity contribution is -0.139. The highest BCUT2D eigenvalue weighted by atomic mass is 35.5. The van der Waals surface area contributed by atoms with Crippen LogP contribution >= 0.6 is 24.8 Å². The highest BCUT2D eigenvalue weighted by molar-refractivity contribution is 7.89. The molecule has 2 aliphatic heterocycles. The van der Waals surface area contributed by atoms with Crippen LogP contribution in [0.5, 0.6) is 0 Å². The average Bonchev–Trinajstić information content (AvgIpc) is 2.60. The number of nitrogens with zero attached hydrogens (tertiary/aromatic N) is 2. The van der Waals surface area contributed by atoms with Gasteiger partial charge in [0.2, 0.25) is 15.9 Å². The van der Waals surface area contributed by atoms with Crippen LogP contribution in [-0.4, -0.2) is 76.5 Å². The van der Waals surface area contributed by atoms with Crippen molar-refractivity contribution >= 4 is 40.7 Å². The minimum atomic E-state index is -3.47. The van der Waals surface area contributed by atoms with E-state index in [0.29, 0.717) is 37.0 Å². The number of hydrogen-bond acceptors (Lipinski definition) is 5. The van der Waals surface area contributed by atoms with Crippen LogP contribution in [0, 0.1) is 18.8 Å². The monoisotopic (exact) mass is 466 g/mol. The van der Waals surface area contributed by atoms with Crippen molar-refractivity contribution in [3.63, 3.8) is 0 Å². The molecule has 0 aromatic heterocycles. The number of carbonyl (C=O) groups is 1. The second kappa shape index (κ2) is 11.5. The van der Waals surface area contributed by atoms with Crippen LogP contribution in [0.25, 0.3) is 0 Å². The van der Waals surface area contributed by atoms with Gasteiger partial charge in [0.15, 0.2) is 0 Å². The van der Waals surface area contributed by atoms with E-state index in [1.54, 1.807) is 24.3 Å². The molecule has 2 aliphatic rings. The molecule has 2 fully saturated rings. The minimum absolute atomic E-state index is 0. The lowest BCUT2D eigenvalue weighted by Gasteiger charge is -2.39. The number of halogens is 2. The van der Waals surface area contributed by atoms with Crippen molar-refractivity contribution in [2.75, 3.05) is 52.4 Å². The van der Waals surface area contributed by atoms with Crippen LogP contribution in [0.4, 0.5) is 0 Å². The van der Waals surface area contributed by atoms with Crippen LogP contribution in [0.1, 0.15) is 12.5 Å². The second-order valence-electron chi connectivity index (χ2n) is 7.58. The molecule has 166 valence electrons. The van der Waals surface area contributed by atoms with E-state index in [1.165, 1.54) is 0 Å². The highest BCUT2D eigenvalue weighted by Crippen LogP contribution is 2.19. The van der Waals surface area contributed by atoms with E-state index >= 15 is 0 Å². The van der Waals surface area contributed by atoms with Crippen molar-refractivity contribution in [2.45, 2.75) is 18.7 Å². The van der Waals surface area contributed by atoms with Crippen LogP contribution < -0.4 is 10.0 Å². The predicted octanol–water partition coefficient (Wildman–Crippen LogP) is 1.12. The van der Waals surface area contributed by atoms with Crippen LogP contribution in [0.15, 0.2) is 29.2 Å². The Balaban J connectivity index is 0.00000210. The molecule has 3 rings (SSSR count). The molecule has 1 atom stereocenters. The summed E-state index contributed by atoms with van der Waals surface area (Å²) in [6.45, 7) is 9.85. The first kappa shape index (κ1) is 26.1. The molecule has 2 heterocycles. The van der Waals surface area contributed by atoms with E-state index < -0.39 is 10.0 Å². The predicted molar refractivity (Wildman–Crippen MR) is 119 cm³/mol. The summed E-state index contributed by atoms with van der Waals surface area (Å²) in [4.78, 5) is 17.0. The summed E-state index contributed by atoms with van der Waals surface area (Å²) >= 11 is 0. The molecule has 0 saturated carbocycles. The standard InChI is InChI=1S/C19H30N4O3S.2ClH/c1-15-3-5-18(6-4-15)27(25,26)21-7-8-22-9-11-23(12-10-22)19(24)16(2)17-13-20-14-17;;/h3-6,16-17,20-21H,7-14H2,1-2H3;2*1H. The minimum Gasteiger partial charge on any atom is -0.340 e. The maximum atomic E-state index is 12.6. The Morgan fingerprint density at radius 1 is 1.14 bits per heavy atom. The van der Waals surface area contributed by atoms with E-state index in [1.807, 2.05) is 18.7 Å². The van der Waals surface area contributed by atoms with Crippen molar-refractivity contribution in [2.24, 2.45) is 11.8 Å². The van der Waals surface area contributed by atoms with Crippen molar-refractivity contribution < 1.29 is 13.2 Å². The SMILES string of the molecule is Cc1ccc(S(=O)(=O)NCCN2CCN(C(=O)C(C)C3CNC3)CC2)cc1.Cl.Cl. The Labute approximate surface area is 186 Å². The van der Waals surface area contributed by atoms with Gasteiger partial charge in [-0.2, -0.15) is 0 Å². The van der Waals surface area contributed by atoms with E-state index in [0.717, 1.165) is 31.7 Å². The summed E-state index contributed by atoms with van der Waals surface area (Å²) in [7, 11) is -3.47. The third-order valence-corrected chi connectivity index (χ3v) is 7.12. The summed E-state index contributed by atoms with van der Waals surface area (Å²) in [6, 6.07) is 6.85. The third kappa shape index (κ3) is 6.80. The number of hydrogen-bond donors (Lipinski definition) is 2. The maximum absolute atomic E-state index is 12.6.